The number of anilines is 1. The summed E-state index contributed by atoms with van der Waals surface area (Å²) in [6.07, 6.45) is 5.86. The van der Waals surface area contributed by atoms with Gasteiger partial charge in [-0.1, -0.05) is 24.3 Å². The molecule has 1 aliphatic heterocycles. The molecular formula is C23H25N2O8S2+. The highest BCUT2D eigenvalue weighted by Gasteiger charge is 2.24. The van der Waals surface area contributed by atoms with E-state index in [2.05, 4.69) is 5.32 Å². The predicted molar refractivity (Wildman–Crippen MR) is 130 cm³/mol. The summed E-state index contributed by atoms with van der Waals surface area (Å²) in [7, 11) is -8.21. The zero-order valence-electron chi connectivity index (χ0n) is 18.6. The van der Waals surface area contributed by atoms with Crippen LogP contribution >= 0.6 is 0 Å². The normalized spacial score (nSPS) is 15.0. The van der Waals surface area contributed by atoms with Gasteiger partial charge in [0.05, 0.1) is 23.3 Å². The second kappa shape index (κ2) is 10.2. The number of hydrogen-bond acceptors (Lipinski definition) is 7. The summed E-state index contributed by atoms with van der Waals surface area (Å²) in [5, 5.41) is 3.14. The van der Waals surface area contributed by atoms with Crippen molar-refractivity contribution < 1.29 is 39.7 Å². The summed E-state index contributed by atoms with van der Waals surface area (Å²) in [4.78, 5) is 0. The van der Waals surface area contributed by atoms with E-state index in [4.69, 9.17) is 18.3 Å². The number of benzene rings is 2. The van der Waals surface area contributed by atoms with Gasteiger partial charge in [0, 0.05) is 12.0 Å². The van der Waals surface area contributed by atoms with E-state index in [1.165, 1.54) is 0 Å². The minimum absolute atomic E-state index is 0.138. The Morgan fingerprint density at radius 1 is 0.943 bits per heavy atom. The average molecular weight is 522 g/mol. The van der Waals surface area contributed by atoms with E-state index in [9.17, 15) is 16.8 Å². The number of hydrogen-bond donors (Lipinski definition) is 3. The predicted octanol–water partition coefficient (Wildman–Crippen LogP) is 3.18. The molecule has 3 N–H and O–H groups in total. The minimum Gasteiger partial charge on any atom is -0.439 e. The lowest BCUT2D eigenvalue weighted by molar-refractivity contribution is -0.678. The van der Waals surface area contributed by atoms with Crippen LogP contribution in [0.4, 0.5) is 5.69 Å². The standard InChI is InChI=1S/C23H24N2O8S2/c26-34(27,28)15-5-8-17-7-3-11-20-23(17)25(14-6-16-35(29,30)31)22(33-20)13-4-12-21-24-18-9-1-2-10-19(18)32-21/h1-4,7,9-13H,5-6,8,14-16H2,(H2,26,27,28,29,30,31)/p+1. The molecule has 0 bridgehead atoms. The van der Waals surface area contributed by atoms with Crippen molar-refractivity contribution in [2.24, 2.45) is 0 Å². The fraction of sp³-hybridized carbons (Fsp3) is 0.261. The van der Waals surface area contributed by atoms with E-state index >= 15 is 0 Å². The number of oxazole rings is 1. The molecule has 10 nitrogen and oxygen atoms in total. The summed E-state index contributed by atoms with van der Waals surface area (Å²) in [5.41, 5.74) is 2.87. The van der Waals surface area contributed by atoms with Crippen LogP contribution in [0.15, 0.2) is 64.9 Å². The zero-order chi connectivity index (χ0) is 25.1. The van der Waals surface area contributed by atoms with Crippen molar-refractivity contribution in [1.82, 2.24) is 0 Å². The highest BCUT2D eigenvalue weighted by molar-refractivity contribution is 7.86. The van der Waals surface area contributed by atoms with E-state index in [0.717, 1.165) is 11.3 Å². The number of para-hydroxylation sites is 3. The van der Waals surface area contributed by atoms with Gasteiger partial charge in [0.2, 0.25) is 5.58 Å². The van der Waals surface area contributed by atoms with Crippen molar-refractivity contribution >= 4 is 43.1 Å². The van der Waals surface area contributed by atoms with Gasteiger partial charge in [0.25, 0.3) is 25.8 Å². The van der Waals surface area contributed by atoms with Crippen molar-refractivity contribution in [3.63, 3.8) is 0 Å². The van der Waals surface area contributed by atoms with Crippen molar-refractivity contribution in [3.8, 4) is 5.75 Å². The van der Waals surface area contributed by atoms with E-state index in [0.29, 0.717) is 35.0 Å². The fourth-order valence-corrected chi connectivity index (χ4v) is 4.86. The molecule has 0 fully saturated rings. The highest BCUT2D eigenvalue weighted by atomic mass is 32.2. The van der Waals surface area contributed by atoms with Gasteiger partial charge < -0.3 is 14.5 Å². The first-order valence-electron chi connectivity index (χ1n) is 10.9. The second-order valence-electron chi connectivity index (χ2n) is 8.00. The van der Waals surface area contributed by atoms with Crippen LogP contribution in [-0.4, -0.2) is 37.4 Å². The molecule has 12 heteroatoms. The first kappa shape index (κ1) is 24.9. The molecule has 186 valence electrons. The lowest BCUT2D eigenvalue weighted by atomic mass is 10.1. The van der Waals surface area contributed by atoms with E-state index in [-0.39, 0.29) is 25.1 Å². The number of ether oxygens (including phenoxy) is 1. The van der Waals surface area contributed by atoms with Gasteiger partial charge in [-0.2, -0.15) is 21.4 Å². The first-order valence-corrected chi connectivity index (χ1v) is 14.1. The Morgan fingerprint density at radius 2 is 1.69 bits per heavy atom. The molecule has 3 aromatic rings. The number of nitrogens with one attached hydrogen (secondary N) is 1. The number of nitrogens with zero attached hydrogens (tertiary/aromatic N) is 1. The largest absolute Gasteiger partial charge is 0.439 e. The molecule has 0 saturated heterocycles. The lowest BCUT2D eigenvalue weighted by Crippen LogP contribution is -2.37. The van der Waals surface area contributed by atoms with Crippen LogP contribution in [0.2, 0.25) is 0 Å². The van der Waals surface area contributed by atoms with Gasteiger partial charge >= 0.3 is 5.89 Å². The van der Waals surface area contributed by atoms with Gasteiger partial charge in [0.1, 0.15) is 0 Å². The number of aromatic nitrogens is 1. The summed E-state index contributed by atoms with van der Waals surface area (Å²) >= 11 is 0. The highest BCUT2D eigenvalue weighted by Crippen LogP contribution is 2.32. The van der Waals surface area contributed by atoms with Crippen LogP contribution < -0.4 is 14.6 Å². The Labute approximate surface area is 203 Å². The molecule has 1 aliphatic rings. The summed E-state index contributed by atoms with van der Waals surface area (Å²) in [5.74, 6) is 0.888. The van der Waals surface area contributed by atoms with Crippen LogP contribution in [0, 0.1) is 0 Å². The third-order valence-corrected chi connectivity index (χ3v) is 6.93. The Hall–Kier alpha value is -3.19. The van der Waals surface area contributed by atoms with Gasteiger partial charge in [0.15, 0.2) is 18.2 Å². The second-order valence-corrected chi connectivity index (χ2v) is 11.1. The number of fused-ring (bicyclic) bond motifs is 2. The minimum atomic E-state index is -4.13. The molecule has 2 aromatic carbocycles. The SMILES string of the molecule is O=S(=O)(O)CCCc1cccc2oc(C=CC=C3Nc4ccccc4O3)[n+](CCCS(=O)(=O)O)c12. The quantitative estimate of drug-likeness (QED) is 0.270. The Bertz CT molecular complexity index is 1480. The lowest BCUT2D eigenvalue weighted by Gasteiger charge is -2.01. The molecule has 0 atom stereocenters. The maximum Gasteiger partial charge on any atom is 0.374 e. The van der Waals surface area contributed by atoms with E-state index in [1.807, 2.05) is 30.3 Å². The summed E-state index contributed by atoms with van der Waals surface area (Å²) in [6, 6.07) is 12.9. The molecule has 0 unspecified atom stereocenters. The van der Waals surface area contributed by atoms with Crippen molar-refractivity contribution in [2.45, 2.75) is 25.8 Å². The van der Waals surface area contributed by atoms with Crippen LogP contribution in [-0.2, 0) is 33.2 Å². The first-order chi connectivity index (χ1) is 16.6. The molecule has 0 aliphatic carbocycles. The third-order valence-electron chi connectivity index (χ3n) is 5.32. The molecule has 0 spiro atoms. The van der Waals surface area contributed by atoms with E-state index < -0.39 is 26.0 Å². The van der Waals surface area contributed by atoms with Gasteiger partial charge in [-0.3, -0.25) is 9.11 Å². The molecule has 0 amide bonds. The maximum atomic E-state index is 11.2. The Morgan fingerprint density at radius 3 is 2.43 bits per heavy atom. The van der Waals surface area contributed by atoms with Crippen molar-refractivity contribution in [3.05, 3.63) is 72.0 Å². The summed E-state index contributed by atoms with van der Waals surface area (Å²) < 4.78 is 76.4. The van der Waals surface area contributed by atoms with Crippen LogP contribution in [0.1, 0.15) is 24.3 Å². The topological polar surface area (TPSA) is 147 Å². The third kappa shape index (κ3) is 6.69. The Kier molecular flexibility index (Phi) is 7.26. The van der Waals surface area contributed by atoms with Gasteiger partial charge in [-0.25, -0.2) is 0 Å². The zero-order valence-corrected chi connectivity index (χ0v) is 20.3. The number of rotatable bonds is 10. The molecule has 4 rings (SSSR count). The van der Waals surface area contributed by atoms with Crippen LogP contribution in [0.25, 0.3) is 17.2 Å². The molecule has 0 radical (unpaired) electrons. The number of aryl methyl sites for hydroxylation is 2. The smallest absolute Gasteiger partial charge is 0.374 e. The Balaban J connectivity index is 1.62. The average Bonchev–Trinajstić information content (AvgIpc) is 3.33. The van der Waals surface area contributed by atoms with Gasteiger partial charge in [-0.05, 0) is 43.2 Å². The van der Waals surface area contributed by atoms with Gasteiger partial charge in [-0.15, -0.1) is 0 Å². The van der Waals surface area contributed by atoms with Crippen molar-refractivity contribution in [1.29, 1.82) is 0 Å². The summed E-state index contributed by atoms with van der Waals surface area (Å²) in [6.45, 7) is 0.235. The molecule has 1 aromatic heterocycles. The molecule has 2 heterocycles. The molecule has 0 saturated carbocycles. The van der Waals surface area contributed by atoms with Crippen LogP contribution in [0.3, 0.4) is 0 Å². The molecular weight excluding hydrogens is 496 g/mol. The fourth-order valence-electron chi connectivity index (χ4n) is 3.86. The molecule has 35 heavy (non-hydrogen) atoms. The van der Waals surface area contributed by atoms with E-state index in [1.54, 1.807) is 34.9 Å². The van der Waals surface area contributed by atoms with Crippen LogP contribution in [0.5, 0.6) is 5.75 Å². The van der Waals surface area contributed by atoms with Crippen molar-refractivity contribution in [2.75, 3.05) is 16.8 Å². The monoisotopic (exact) mass is 521 g/mol. The maximum absolute atomic E-state index is 11.2. The number of allylic oxidation sites excluding steroid dienone is 2.